The molecule has 1 atom stereocenters. The summed E-state index contributed by atoms with van der Waals surface area (Å²) >= 11 is 3.99. The molecule has 0 spiro atoms. The molecule has 0 aromatic heterocycles. The number of rotatable bonds is 9. The lowest BCUT2D eigenvalue weighted by Crippen LogP contribution is -2.38. The number of carbonyl (C=O) groups is 1. The molecule has 1 unspecified atom stereocenters. The molecular formula is C10H22O4SSi. The summed E-state index contributed by atoms with van der Waals surface area (Å²) < 4.78 is 11.3. The second-order valence-electron chi connectivity index (χ2n) is 3.75. The summed E-state index contributed by atoms with van der Waals surface area (Å²) in [5.41, 5.74) is 0. The Hall–Kier alpha value is -0.0431. The van der Waals surface area contributed by atoms with Gasteiger partial charge in [-0.25, -0.2) is 0 Å². The fraction of sp³-hybridized carbons (Fsp3) is 0.900. The number of thiol groups is 1. The molecule has 0 aromatic carbocycles. The zero-order valence-electron chi connectivity index (χ0n) is 10.2. The Bertz CT molecular complexity index is 207. The minimum atomic E-state index is -2.08. The van der Waals surface area contributed by atoms with Crippen LogP contribution in [0.15, 0.2) is 0 Å². The summed E-state index contributed by atoms with van der Waals surface area (Å²) in [6.45, 7) is 7.21. The Kier molecular flexibility index (Phi) is 8.09. The minimum Gasteiger partial charge on any atom is -0.480 e. The van der Waals surface area contributed by atoms with Gasteiger partial charge in [0, 0.05) is 13.2 Å². The van der Waals surface area contributed by atoms with E-state index in [2.05, 4.69) is 12.6 Å². The number of aliphatic carboxylic acids is 1. The lowest BCUT2D eigenvalue weighted by molar-refractivity contribution is -0.136. The van der Waals surface area contributed by atoms with E-state index in [0.717, 1.165) is 12.5 Å². The summed E-state index contributed by atoms with van der Waals surface area (Å²) in [5, 5.41) is 8.11. The Balaban J connectivity index is 3.97. The Morgan fingerprint density at radius 1 is 1.38 bits per heavy atom. The molecule has 0 amide bonds. The predicted octanol–water partition coefficient (Wildman–Crippen LogP) is 2.29. The molecule has 4 nitrogen and oxygen atoms in total. The SMILES string of the molecule is CCO[Si](C)(CCCC(S)C(=O)O)OCC. The van der Waals surface area contributed by atoms with Crippen molar-refractivity contribution in [1.82, 2.24) is 0 Å². The van der Waals surface area contributed by atoms with E-state index < -0.39 is 19.8 Å². The van der Waals surface area contributed by atoms with Gasteiger partial charge in [0.2, 0.25) is 0 Å². The molecule has 0 aliphatic rings. The molecule has 0 rings (SSSR count). The van der Waals surface area contributed by atoms with Crippen molar-refractivity contribution in [2.24, 2.45) is 0 Å². The van der Waals surface area contributed by atoms with Crippen molar-refractivity contribution in [2.45, 2.75) is 44.5 Å². The van der Waals surface area contributed by atoms with Gasteiger partial charge in [-0.05, 0) is 39.3 Å². The zero-order valence-corrected chi connectivity index (χ0v) is 12.1. The lowest BCUT2D eigenvalue weighted by atomic mass is 10.2. The summed E-state index contributed by atoms with van der Waals surface area (Å²) in [5.74, 6) is -0.862. The van der Waals surface area contributed by atoms with Crippen LogP contribution in [0.4, 0.5) is 0 Å². The van der Waals surface area contributed by atoms with Crippen LogP contribution in [0.2, 0.25) is 12.6 Å². The van der Waals surface area contributed by atoms with Crippen molar-refractivity contribution in [3.8, 4) is 0 Å². The number of carboxylic acids is 1. The smallest absolute Gasteiger partial charge is 0.334 e. The average molecular weight is 266 g/mol. The summed E-state index contributed by atoms with van der Waals surface area (Å²) in [7, 11) is -2.08. The van der Waals surface area contributed by atoms with Gasteiger partial charge in [0.15, 0.2) is 0 Å². The maximum atomic E-state index is 10.6. The summed E-state index contributed by atoms with van der Waals surface area (Å²) in [6.07, 6.45) is 1.34. The van der Waals surface area contributed by atoms with Crippen molar-refractivity contribution < 1.29 is 18.8 Å². The number of hydrogen-bond donors (Lipinski definition) is 2. The van der Waals surface area contributed by atoms with Gasteiger partial charge in [-0.3, -0.25) is 4.79 Å². The Labute approximate surface area is 104 Å². The van der Waals surface area contributed by atoms with Gasteiger partial charge in [0.25, 0.3) is 0 Å². The fourth-order valence-corrected chi connectivity index (χ4v) is 4.16. The molecule has 6 heteroatoms. The van der Waals surface area contributed by atoms with Crippen molar-refractivity contribution in [3.05, 3.63) is 0 Å². The second-order valence-corrected chi connectivity index (χ2v) is 7.71. The van der Waals surface area contributed by atoms with E-state index in [1.54, 1.807) is 0 Å². The maximum absolute atomic E-state index is 10.6. The third-order valence-corrected chi connectivity index (χ3v) is 5.83. The maximum Gasteiger partial charge on any atom is 0.334 e. The van der Waals surface area contributed by atoms with Crippen LogP contribution >= 0.6 is 12.6 Å². The number of hydrogen-bond acceptors (Lipinski definition) is 4. The van der Waals surface area contributed by atoms with Crippen LogP contribution in [0.25, 0.3) is 0 Å². The Morgan fingerprint density at radius 2 is 1.88 bits per heavy atom. The molecule has 96 valence electrons. The molecule has 0 radical (unpaired) electrons. The fourth-order valence-electron chi connectivity index (χ4n) is 1.54. The molecular weight excluding hydrogens is 244 g/mol. The van der Waals surface area contributed by atoms with Crippen LogP contribution in [0.1, 0.15) is 26.7 Å². The van der Waals surface area contributed by atoms with Crippen molar-refractivity contribution in [1.29, 1.82) is 0 Å². The van der Waals surface area contributed by atoms with Crippen molar-refractivity contribution in [2.75, 3.05) is 13.2 Å². The van der Waals surface area contributed by atoms with E-state index in [0.29, 0.717) is 19.6 Å². The Morgan fingerprint density at radius 3 is 2.25 bits per heavy atom. The molecule has 0 heterocycles. The molecule has 1 N–H and O–H groups in total. The normalized spacial score (nSPS) is 13.8. The van der Waals surface area contributed by atoms with Crippen LogP contribution < -0.4 is 0 Å². The highest BCUT2D eigenvalue weighted by molar-refractivity contribution is 7.81. The van der Waals surface area contributed by atoms with Crippen LogP contribution in [0, 0.1) is 0 Å². The van der Waals surface area contributed by atoms with Gasteiger partial charge in [-0.1, -0.05) is 0 Å². The van der Waals surface area contributed by atoms with Crippen molar-refractivity contribution >= 4 is 27.2 Å². The number of carboxylic acid groups (broad SMARTS) is 1. The van der Waals surface area contributed by atoms with Gasteiger partial charge < -0.3 is 14.0 Å². The van der Waals surface area contributed by atoms with Crippen LogP contribution in [-0.2, 0) is 13.6 Å². The van der Waals surface area contributed by atoms with Gasteiger partial charge in [0.1, 0.15) is 0 Å². The monoisotopic (exact) mass is 266 g/mol. The van der Waals surface area contributed by atoms with Crippen LogP contribution in [-0.4, -0.2) is 38.1 Å². The third kappa shape index (κ3) is 6.52. The molecule has 16 heavy (non-hydrogen) atoms. The molecule has 0 saturated carbocycles. The molecule has 0 fully saturated rings. The van der Waals surface area contributed by atoms with Crippen LogP contribution in [0.5, 0.6) is 0 Å². The second kappa shape index (κ2) is 8.11. The highest BCUT2D eigenvalue weighted by atomic mass is 32.1. The van der Waals surface area contributed by atoms with E-state index >= 15 is 0 Å². The summed E-state index contributed by atoms with van der Waals surface area (Å²) in [4.78, 5) is 10.6. The lowest BCUT2D eigenvalue weighted by Gasteiger charge is -2.26. The van der Waals surface area contributed by atoms with E-state index in [1.165, 1.54) is 0 Å². The first kappa shape index (κ1) is 16.0. The molecule has 0 aliphatic carbocycles. The van der Waals surface area contributed by atoms with E-state index in [4.69, 9.17) is 14.0 Å². The summed E-state index contributed by atoms with van der Waals surface area (Å²) in [6, 6.07) is 0.818. The van der Waals surface area contributed by atoms with E-state index in [9.17, 15) is 4.79 Å². The van der Waals surface area contributed by atoms with Gasteiger partial charge in [-0.2, -0.15) is 12.6 Å². The minimum absolute atomic E-state index is 0.557. The highest BCUT2D eigenvalue weighted by Crippen LogP contribution is 2.19. The molecule has 0 bridgehead atoms. The first-order valence-corrected chi connectivity index (χ1v) is 8.68. The van der Waals surface area contributed by atoms with Gasteiger partial charge in [-0.15, -0.1) is 0 Å². The van der Waals surface area contributed by atoms with Gasteiger partial charge in [0.05, 0.1) is 5.25 Å². The third-order valence-electron chi connectivity index (χ3n) is 2.29. The molecule has 0 aliphatic heterocycles. The molecule has 0 aromatic rings. The van der Waals surface area contributed by atoms with Crippen LogP contribution in [0.3, 0.4) is 0 Å². The largest absolute Gasteiger partial charge is 0.480 e. The highest BCUT2D eigenvalue weighted by Gasteiger charge is 2.30. The first-order valence-electron chi connectivity index (χ1n) is 5.64. The standard InChI is InChI=1S/C10H22O4SSi/c1-4-13-16(3,14-5-2)8-6-7-9(15)10(11)12/h9,15H,4-8H2,1-3H3,(H,11,12). The zero-order chi connectivity index (χ0) is 12.6. The topological polar surface area (TPSA) is 55.8 Å². The first-order chi connectivity index (χ1) is 7.45. The van der Waals surface area contributed by atoms with E-state index in [1.807, 2.05) is 20.4 Å². The predicted molar refractivity (Wildman–Crippen MR) is 69.3 cm³/mol. The van der Waals surface area contributed by atoms with Crippen molar-refractivity contribution in [3.63, 3.8) is 0 Å². The molecule has 0 saturated heterocycles. The average Bonchev–Trinajstić information content (AvgIpc) is 2.17. The van der Waals surface area contributed by atoms with Gasteiger partial charge >= 0.3 is 14.5 Å². The quantitative estimate of drug-likeness (QED) is 0.496. The van der Waals surface area contributed by atoms with E-state index in [-0.39, 0.29) is 0 Å².